The first-order chi connectivity index (χ1) is 11.4. The number of alkyl halides is 3. The fourth-order valence-corrected chi connectivity index (χ4v) is 2.03. The van der Waals surface area contributed by atoms with Crippen molar-refractivity contribution in [2.45, 2.75) is 47.7 Å². The van der Waals surface area contributed by atoms with Crippen molar-refractivity contribution in [3.05, 3.63) is 65.2 Å². The number of halogens is 3. The lowest BCUT2D eigenvalue weighted by Crippen LogP contribution is -2.06. The zero-order valence-corrected chi connectivity index (χ0v) is 15.2. The third-order valence-corrected chi connectivity index (χ3v) is 3.03. The maximum absolute atomic E-state index is 12.9. The molecule has 2 aromatic carbocycles. The number of para-hydroxylation sites is 1. The Hall–Kier alpha value is -2.10. The molecule has 0 amide bonds. The molecule has 0 fully saturated rings. The van der Waals surface area contributed by atoms with Crippen LogP contribution in [0.25, 0.3) is 0 Å². The second kappa shape index (κ2) is 10.6. The van der Waals surface area contributed by atoms with Crippen LogP contribution in [0.1, 0.15) is 51.3 Å². The van der Waals surface area contributed by atoms with Gasteiger partial charge in [0.05, 0.1) is 11.3 Å². The van der Waals surface area contributed by atoms with E-state index < -0.39 is 11.7 Å². The topological polar surface area (TPSA) is 12.4 Å². The summed E-state index contributed by atoms with van der Waals surface area (Å²) in [6, 6.07) is 12.8. The Morgan fingerprint density at radius 2 is 1.33 bits per heavy atom. The minimum Gasteiger partial charge on any atom is -0.252 e. The Morgan fingerprint density at radius 3 is 1.88 bits per heavy atom. The number of nitrogens with zero attached hydrogens (tertiary/aromatic N) is 1. The summed E-state index contributed by atoms with van der Waals surface area (Å²) in [5.74, 6) is 0. The fraction of sp³-hybridized carbons (Fsp3) is 0.350. The third-order valence-electron chi connectivity index (χ3n) is 3.03. The summed E-state index contributed by atoms with van der Waals surface area (Å²) < 4.78 is 38.7. The first kappa shape index (κ1) is 21.9. The minimum atomic E-state index is -4.40. The molecule has 1 nitrogen and oxygen atoms in total. The van der Waals surface area contributed by atoms with Gasteiger partial charge in [0.25, 0.3) is 0 Å². The van der Waals surface area contributed by atoms with Gasteiger partial charge in [-0.25, -0.2) is 0 Å². The molecule has 0 aliphatic heterocycles. The Balaban J connectivity index is 0.00000123. The summed E-state index contributed by atoms with van der Waals surface area (Å²) in [7, 11) is 0. The predicted molar refractivity (Wildman–Crippen MR) is 97.2 cm³/mol. The van der Waals surface area contributed by atoms with Crippen LogP contribution in [0.4, 0.5) is 18.9 Å². The van der Waals surface area contributed by atoms with Gasteiger partial charge in [0.15, 0.2) is 0 Å². The van der Waals surface area contributed by atoms with E-state index >= 15 is 0 Å². The predicted octanol–water partition coefficient (Wildman–Crippen LogP) is 7.21. The van der Waals surface area contributed by atoms with E-state index in [-0.39, 0.29) is 5.69 Å². The van der Waals surface area contributed by atoms with E-state index in [1.165, 1.54) is 12.1 Å². The van der Waals surface area contributed by atoms with E-state index in [2.05, 4.69) is 4.99 Å². The van der Waals surface area contributed by atoms with Crippen molar-refractivity contribution in [3.63, 3.8) is 0 Å². The molecule has 0 bridgehead atoms. The van der Waals surface area contributed by atoms with Crippen LogP contribution in [-0.4, -0.2) is 5.71 Å². The van der Waals surface area contributed by atoms with Gasteiger partial charge in [-0.15, -0.1) is 0 Å². The molecular weight excluding hydrogens is 311 g/mol. The van der Waals surface area contributed by atoms with Crippen molar-refractivity contribution >= 4 is 11.4 Å². The van der Waals surface area contributed by atoms with Gasteiger partial charge in [-0.1, -0.05) is 64.1 Å². The maximum Gasteiger partial charge on any atom is 0.418 e. The molecule has 0 heterocycles. The zero-order chi connectivity index (χ0) is 18.8. The molecule has 0 radical (unpaired) electrons. The summed E-state index contributed by atoms with van der Waals surface area (Å²) in [6.45, 7) is 11.6. The average molecular weight is 337 g/mol. The molecule has 0 saturated carbocycles. The number of rotatable bonds is 2. The first-order valence-corrected chi connectivity index (χ1v) is 8.17. The van der Waals surface area contributed by atoms with Crippen LogP contribution in [0.5, 0.6) is 0 Å². The number of hydrogen-bond acceptors (Lipinski definition) is 1. The Bertz CT molecular complexity index is 643. The van der Waals surface area contributed by atoms with E-state index in [9.17, 15) is 13.2 Å². The number of aliphatic imine (C=N–C) groups is 1. The van der Waals surface area contributed by atoms with Crippen LogP contribution in [0.3, 0.4) is 0 Å². The van der Waals surface area contributed by atoms with Crippen LogP contribution < -0.4 is 0 Å². The van der Waals surface area contributed by atoms with Crippen LogP contribution in [0, 0.1) is 6.92 Å². The van der Waals surface area contributed by atoms with Crippen LogP contribution in [0.2, 0.25) is 0 Å². The summed E-state index contributed by atoms with van der Waals surface area (Å²) in [4.78, 5) is 4.15. The highest BCUT2D eigenvalue weighted by Gasteiger charge is 2.33. The smallest absolute Gasteiger partial charge is 0.252 e. The van der Waals surface area contributed by atoms with Gasteiger partial charge in [-0.05, 0) is 37.1 Å². The summed E-state index contributed by atoms with van der Waals surface area (Å²) in [5.41, 5.74) is 1.64. The Kier molecular flexibility index (Phi) is 9.70. The lowest BCUT2D eigenvalue weighted by molar-refractivity contribution is -0.137. The highest BCUT2D eigenvalue weighted by atomic mass is 19.4. The van der Waals surface area contributed by atoms with Gasteiger partial charge in [0.1, 0.15) is 0 Å². The van der Waals surface area contributed by atoms with Crippen LogP contribution in [0.15, 0.2) is 53.5 Å². The Labute approximate surface area is 143 Å². The monoisotopic (exact) mass is 337 g/mol. The second-order valence-electron chi connectivity index (χ2n) is 4.53. The molecule has 24 heavy (non-hydrogen) atoms. The molecule has 0 aromatic heterocycles. The van der Waals surface area contributed by atoms with E-state index in [0.717, 1.165) is 17.2 Å². The van der Waals surface area contributed by atoms with Gasteiger partial charge >= 0.3 is 6.18 Å². The number of benzene rings is 2. The summed E-state index contributed by atoms with van der Waals surface area (Å²) >= 11 is 0. The molecule has 2 rings (SSSR count). The molecule has 0 aliphatic carbocycles. The molecule has 2 aromatic rings. The molecular formula is C20H26F3N. The largest absolute Gasteiger partial charge is 0.418 e. The van der Waals surface area contributed by atoms with E-state index in [0.29, 0.717) is 5.71 Å². The highest BCUT2D eigenvalue weighted by molar-refractivity contribution is 6.01. The van der Waals surface area contributed by atoms with Gasteiger partial charge in [-0.2, -0.15) is 13.2 Å². The Morgan fingerprint density at radius 1 is 0.833 bits per heavy atom. The SMILES string of the molecule is CC.CC.CC(=Nc1ccccc1C(F)(F)F)c1ccccc1C. The van der Waals surface area contributed by atoms with Crippen LogP contribution in [-0.2, 0) is 6.18 Å². The average Bonchev–Trinajstić information content (AvgIpc) is 2.58. The van der Waals surface area contributed by atoms with Crippen molar-refractivity contribution in [1.82, 2.24) is 0 Å². The number of aryl methyl sites for hydroxylation is 1. The lowest BCUT2D eigenvalue weighted by atomic mass is 10.0. The van der Waals surface area contributed by atoms with Crippen molar-refractivity contribution in [2.24, 2.45) is 4.99 Å². The molecule has 0 aliphatic rings. The van der Waals surface area contributed by atoms with Gasteiger partial charge in [0.2, 0.25) is 0 Å². The molecule has 0 spiro atoms. The molecule has 0 atom stereocenters. The van der Waals surface area contributed by atoms with E-state index in [1.54, 1.807) is 13.0 Å². The lowest BCUT2D eigenvalue weighted by Gasteiger charge is -2.11. The minimum absolute atomic E-state index is 0.0549. The quantitative estimate of drug-likeness (QED) is 0.513. The molecule has 0 unspecified atom stereocenters. The highest BCUT2D eigenvalue weighted by Crippen LogP contribution is 2.36. The van der Waals surface area contributed by atoms with Gasteiger partial charge < -0.3 is 0 Å². The second-order valence-corrected chi connectivity index (χ2v) is 4.53. The maximum atomic E-state index is 12.9. The van der Waals surface area contributed by atoms with Gasteiger partial charge in [-0.3, -0.25) is 4.99 Å². The van der Waals surface area contributed by atoms with Crippen molar-refractivity contribution in [3.8, 4) is 0 Å². The molecule has 132 valence electrons. The molecule has 0 saturated heterocycles. The normalized spacial score (nSPS) is 11.0. The summed E-state index contributed by atoms with van der Waals surface area (Å²) in [6.07, 6.45) is -4.40. The van der Waals surface area contributed by atoms with Crippen molar-refractivity contribution in [2.75, 3.05) is 0 Å². The van der Waals surface area contributed by atoms with Gasteiger partial charge in [0, 0.05) is 5.71 Å². The van der Waals surface area contributed by atoms with Crippen molar-refractivity contribution in [1.29, 1.82) is 0 Å². The zero-order valence-electron chi connectivity index (χ0n) is 15.2. The van der Waals surface area contributed by atoms with Crippen LogP contribution >= 0.6 is 0 Å². The standard InChI is InChI=1S/C16H14F3N.2C2H6/c1-11-7-3-4-8-13(11)12(2)20-15-10-6-5-9-14(15)16(17,18)19;2*1-2/h3-10H,1-2H3;2*1-2H3. The molecule has 4 heteroatoms. The van der Waals surface area contributed by atoms with E-state index in [4.69, 9.17) is 0 Å². The summed E-state index contributed by atoms with van der Waals surface area (Å²) in [5, 5.41) is 0. The first-order valence-electron chi connectivity index (χ1n) is 8.17. The van der Waals surface area contributed by atoms with E-state index in [1.807, 2.05) is 58.9 Å². The van der Waals surface area contributed by atoms with Crippen molar-refractivity contribution < 1.29 is 13.2 Å². The third kappa shape index (κ3) is 6.19. The fourth-order valence-electron chi connectivity index (χ4n) is 2.03. The molecule has 0 N–H and O–H groups in total. The number of hydrogen-bond donors (Lipinski definition) is 0.